The highest BCUT2D eigenvalue weighted by molar-refractivity contribution is 5.78. The SMILES string of the molecule is CC(CN1CCCC1=O)NCc1ccc(-n2cncn2)c(F)c1. The van der Waals surface area contributed by atoms with Gasteiger partial charge in [0.25, 0.3) is 0 Å². The van der Waals surface area contributed by atoms with Crippen LogP contribution in [-0.2, 0) is 11.3 Å². The van der Waals surface area contributed by atoms with Crippen LogP contribution in [0.15, 0.2) is 30.9 Å². The van der Waals surface area contributed by atoms with Crippen LogP contribution in [0.3, 0.4) is 0 Å². The Bertz CT molecular complexity index is 673. The van der Waals surface area contributed by atoms with E-state index in [4.69, 9.17) is 0 Å². The van der Waals surface area contributed by atoms with Crippen molar-refractivity contribution >= 4 is 5.91 Å². The maximum absolute atomic E-state index is 14.1. The van der Waals surface area contributed by atoms with E-state index in [9.17, 15) is 9.18 Å². The van der Waals surface area contributed by atoms with E-state index < -0.39 is 0 Å². The molecule has 0 bridgehead atoms. The molecule has 122 valence electrons. The molecular weight excluding hydrogens is 297 g/mol. The zero-order chi connectivity index (χ0) is 16.2. The van der Waals surface area contributed by atoms with Crippen LogP contribution in [0.2, 0.25) is 0 Å². The number of nitrogens with zero attached hydrogens (tertiary/aromatic N) is 4. The second kappa shape index (κ2) is 6.87. The second-order valence-electron chi connectivity index (χ2n) is 5.85. The number of carbonyl (C=O) groups excluding carboxylic acids is 1. The summed E-state index contributed by atoms with van der Waals surface area (Å²) in [5, 5.41) is 7.26. The van der Waals surface area contributed by atoms with Gasteiger partial charge in [0, 0.05) is 32.1 Å². The number of rotatable bonds is 6. The number of hydrogen-bond donors (Lipinski definition) is 1. The monoisotopic (exact) mass is 317 g/mol. The zero-order valence-electron chi connectivity index (χ0n) is 13.1. The van der Waals surface area contributed by atoms with Crippen molar-refractivity contribution in [3.8, 4) is 5.69 Å². The molecule has 0 spiro atoms. The van der Waals surface area contributed by atoms with Gasteiger partial charge in [-0.3, -0.25) is 4.79 Å². The molecule has 23 heavy (non-hydrogen) atoms. The number of aromatic nitrogens is 3. The van der Waals surface area contributed by atoms with E-state index in [-0.39, 0.29) is 17.8 Å². The first kappa shape index (κ1) is 15.6. The van der Waals surface area contributed by atoms with Crippen molar-refractivity contribution in [2.75, 3.05) is 13.1 Å². The molecule has 1 aliphatic heterocycles. The van der Waals surface area contributed by atoms with Gasteiger partial charge in [0.1, 0.15) is 24.2 Å². The van der Waals surface area contributed by atoms with Crippen LogP contribution in [0.4, 0.5) is 4.39 Å². The van der Waals surface area contributed by atoms with Gasteiger partial charge in [0.2, 0.25) is 5.91 Å². The van der Waals surface area contributed by atoms with Crippen LogP contribution >= 0.6 is 0 Å². The molecule has 2 aromatic rings. The predicted molar refractivity (Wildman–Crippen MR) is 83.4 cm³/mol. The molecule has 3 rings (SSSR count). The number of amides is 1. The minimum Gasteiger partial charge on any atom is -0.341 e. The molecule has 2 heterocycles. The van der Waals surface area contributed by atoms with Gasteiger partial charge in [-0.1, -0.05) is 6.07 Å². The Morgan fingerprint density at radius 2 is 2.30 bits per heavy atom. The number of benzene rings is 1. The largest absolute Gasteiger partial charge is 0.341 e. The molecule has 6 nitrogen and oxygen atoms in total. The molecule has 7 heteroatoms. The third-order valence-corrected chi connectivity index (χ3v) is 4.00. The van der Waals surface area contributed by atoms with Gasteiger partial charge in [-0.15, -0.1) is 0 Å². The molecular formula is C16H20FN5O. The third-order valence-electron chi connectivity index (χ3n) is 4.00. The van der Waals surface area contributed by atoms with Crippen LogP contribution < -0.4 is 5.32 Å². The molecule has 0 radical (unpaired) electrons. The van der Waals surface area contributed by atoms with Gasteiger partial charge in [0.15, 0.2) is 0 Å². The Morgan fingerprint density at radius 3 is 2.96 bits per heavy atom. The molecule has 1 aromatic heterocycles. The van der Waals surface area contributed by atoms with Gasteiger partial charge < -0.3 is 10.2 Å². The molecule has 0 aliphatic carbocycles. The van der Waals surface area contributed by atoms with Gasteiger partial charge >= 0.3 is 0 Å². The summed E-state index contributed by atoms with van der Waals surface area (Å²) in [7, 11) is 0. The molecule has 1 unspecified atom stereocenters. The topological polar surface area (TPSA) is 63.1 Å². The normalized spacial score (nSPS) is 16.1. The summed E-state index contributed by atoms with van der Waals surface area (Å²) in [6.07, 6.45) is 4.43. The van der Waals surface area contributed by atoms with Gasteiger partial charge in [-0.05, 0) is 31.0 Å². The van der Waals surface area contributed by atoms with Crippen molar-refractivity contribution < 1.29 is 9.18 Å². The third kappa shape index (κ3) is 3.73. The molecule has 1 aromatic carbocycles. The van der Waals surface area contributed by atoms with Crippen molar-refractivity contribution in [3.05, 3.63) is 42.2 Å². The van der Waals surface area contributed by atoms with Crippen molar-refractivity contribution in [2.45, 2.75) is 32.4 Å². The first-order valence-corrected chi connectivity index (χ1v) is 7.78. The Labute approximate surface area is 134 Å². The first-order valence-electron chi connectivity index (χ1n) is 7.78. The van der Waals surface area contributed by atoms with E-state index in [1.165, 1.54) is 23.4 Å². The Hall–Kier alpha value is -2.28. The average Bonchev–Trinajstić information content (AvgIpc) is 3.18. The fourth-order valence-corrected chi connectivity index (χ4v) is 2.76. The lowest BCUT2D eigenvalue weighted by Gasteiger charge is -2.21. The zero-order valence-corrected chi connectivity index (χ0v) is 13.1. The summed E-state index contributed by atoms with van der Waals surface area (Å²) < 4.78 is 15.5. The maximum Gasteiger partial charge on any atom is 0.222 e. The molecule has 1 saturated heterocycles. The summed E-state index contributed by atoms with van der Waals surface area (Å²) >= 11 is 0. The van der Waals surface area contributed by atoms with E-state index in [0.29, 0.717) is 25.2 Å². The van der Waals surface area contributed by atoms with Crippen molar-refractivity contribution in [2.24, 2.45) is 0 Å². The minimum absolute atomic E-state index is 0.162. The minimum atomic E-state index is -0.336. The van der Waals surface area contributed by atoms with Gasteiger partial charge in [0.05, 0.1) is 0 Å². The quantitative estimate of drug-likeness (QED) is 0.877. The Kier molecular flexibility index (Phi) is 4.66. The number of likely N-dealkylation sites (tertiary alicyclic amines) is 1. The second-order valence-corrected chi connectivity index (χ2v) is 5.85. The lowest BCUT2D eigenvalue weighted by atomic mass is 10.2. The summed E-state index contributed by atoms with van der Waals surface area (Å²) in [5.74, 6) is -0.112. The fraction of sp³-hybridized carbons (Fsp3) is 0.438. The molecule has 1 fully saturated rings. The number of carbonyl (C=O) groups is 1. The van der Waals surface area contributed by atoms with E-state index >= 15 is 0 Å². The van der Waals surface area contributed by atoms with E-state index in [2.05, 4.69) is 15.4 Å². The summed E-state index contributed by atoms with van der Waals surface area (Å²) in [4.78, 5) is 17.3. The highest BCUT2D eigenvalue weighted by Crippen LogP contribution is 2.14. The summed E-state index contributed by atoms with van der Waals surface area (Å²) in [5.41, 5.74) is 1.23. The number of hydrogen-bond acceptors (Lipinski definition) is 4. The van der Waals surface area contributed by atoms with Crippen LogP contribution in [0.5, 0.6) is 0 Å². The fourth-order valence-electron chi connectivity index (χ4n) is 2.76. The smallest absolute Gasteiger partial charge is 0.222 e. The first-order chi connectivity index (χ1) is 11.1. The lowest BCUT2D eigenvalue weighted by molar-refractivity contribution is -0.127. The van der Waals surface area contributed by atoms with Crippen molar-refractivity contribution in [1.82, 2.24) is 25.0 Å². The molecule has 1 atom stereocenters. The van der Waals surface area contributed by atoms with E-state index in [1.807, 2.05) is 17.9 Å². The number of nitrogens with one attached hydrogen (secondary N) is 1. The predicted octanol–water partition coefficient (Wildman–Crippen LogP) is 1.51. The van der Waals surface area contributed by atoms with E-state index in [1.54, 1.807) is 6.07 Å². The molecule has 0 saturated carbocycles. The standard InChI is InChI=1S/C16H20FN5O/c1-12(9-21-6-2-3-16(21)23)19-8-13-4-5-15(14(17)7-13)22-11-18-10-20-22/h4-5,7,10-12,19H,2-3,6,8-9H2,1H3. The highest BCUT2D eigenvalue weighted by Gasteiger charge is 2.21. The van der Waals surface area contributed by atoms with E-state index in [0.717, 1.165) is 18.5 Å². The van der Waals surface area contributed by atoms with Gasteiger partial charge in [-0.2, -0.15) is 5.10 Å². The molecule has 1 amide bonds. The summed E-state index contributed by atoms with van der Waals surface area (Å²) in [6.45, 7) is 4.12. The van der Waals surface area contributed by atoms with Crippen LogP contribution in [-0.4, -0.2) is 44.7 Å². The van der Waals surface area contributed by atoms with Crippen LogP contribution in [0, 0.1) is 5.82 Å². The Morgan fingerprint density at radius 1 is 1.43 bits per heavy atom. The van der Waals surface area contributed by atoms with Crippen molar-refractivity contribution in [3.63, 3.8) is 0 Å². The number of halogens is 1. The highest BCUT2D eigenvalue weighted by atomic mass is 19.1. The molecule has 1 aliphatic rings. The maximum atomic E-state index is 14.1. The summed E-state index contributed by atoms with van der Waals surface area (Å²) in [6, 6.07) is 5.21. The van der Waals surface area contributed by atoms with Crippen LogP contribution in [0.25, 0.3) is 5.69 Å². The Balaban J connectivity index is 1.56. The van der Waals surface area contributed by atoms with Gasteiger partial charge in [-0.25, -0.2) is 14.1 Å². The van der Waals surface area contributed by atoms with Crippen LogP contribution in [0.1, 0.15) is 25.3 Å². The van der Waals surface area contributed by atoms with Crippen molar-refractivity contribution in [1.29, 1.82) is 0 Å². The molecule has 1 N–H and O–H groups in total. The average molecular weight is 317 g/mol. The lowest BCUT2D eigenvalue weighted by Crippen LogP contribution is -2.39.